The van der Waals surface area contributed by atoms with E-state index in [1.54, 1.807) is 0 Å². The van der Waals surface area contributed by atoms with Crippen molar-refractivity contribution in [3.63, 3.8) is 0 Å². The Bertz CT molecular complexity index is 1510. The predicted molar refractivity (Wildman–Crippen MR) is 132 cm³/mol. The van der Waals surface area contributed by atoms with Gasteiger partial charge in [0.05, 0.1) is 46.7 Å². The van der Waals surface area contributed by atoms with Gasteiger partial charge in [0.1, 0.15) is 11.5 Å². The minimum atomic E-state index is 0.589. The van der Waals surface area contributed by atoms with Gasteiger partial charge in [-0.2, -0.15) is 0 Å². The highest BCUT2D eigenvalue weighted by Gasteiger charge is 2.09. The number of hydrogen-bond acceptors (Lipinski definition) is 4. The fourth-order valence-electron chi connectivity index (χ4n) is 4.51. The van der Waals surface area contributed by atoms with Gasteiger partial charge in [-0.05, 0) is 50.2 Å². The van der Waals surface area contributed by atoms with E-state index in [4.69, 9.17) is 9.47 Å². The number of aromatic amines is 2. The lowest BCUT2D eigenvalue weighted by Gasteiger charge is -2.08. The molecule has 0 unspecified atom stereocenters. The molecule has 0 amide bonds. The topological polar surface area (TPSA) is 75.8 Å². The van der Waals surface area contributed by atoms with Gasteiger partial charge in [0.25, 0.3) is 0 Å². The van der Waals surface area contributed by atoms with Crippen LogP contribution in [0.4, 0.5) is 0 Å². The smallest absolute Gasteiger partial charge is 0.121 e. The molecule has 33 heavy (non-hydrogen) atoms. The SMILES string of the molecule is Cc1nccc2c1[nH]c1cc(OCCCOc3ccc4c(c3)[nH]c3c(C)nccc34)ccc12. The number of hydrogen-bond donors (Lipinski definition) is 2. The molecule has 164 valence electrons. The summed E-state index contributed by atoms with van der Waals surface area (Å²) in [4.78, 5) is 15.7. The first-order valence-corrected chi connectivity index (χ1v) is 11.2. The maximum absolute atomic E-state index is 5.97. The predicted octanol–water partition coefficient (Wildman–Crippen LogP) is 6.21. The van der Waals surface area contributed by atoms with Crippen LogP contribution < -0.4 is 9.47 Å². The molecule has 0 radical (unpaired) electrons. The van der Waals surface area contributed by atoms with Gasteiger partial charge in [-0.1, -0.05) is 0 Å². The van der Waals surface area contributed by atoms with E-state index in [2.05, 4.69) is 44.2 Å². The third kappa shape index (κ3) is 3.44. The van der Waals surface area contributed by atoms with Gasteiger partial charge in [0.15, 0.2) is 0 Å². The van der Waals surface area contributed by atoms with Crippen LogP contribution in [0.15, 0.2) is 60.9 Å². The van der Waals surface area contributed by atoms with Crippen LogP contribution in [0.1, 0.15) is 17.8 Å². The number of fused-ring (bicyclic) bond motifs is 6. The van der Waals surface area contributed by atoms with E-state index in [0.29, 0.717) is 13.2 Å². The van der Waals surface area contributed by atoms with Crippen molar-refractivity contribution in [3.8, 4) is 11.5 Å². The van der Waals surface area contributed by atoms with Crippen molar-refractivity contribution in [1.82, 2.24) is 19.9 Å². The van der Waals surface area contributed by atoms with Gasteiger partial charge in [-0.15, -0.1) is 0 Å². The van der Waals surface area contributed by atoms with Crippen molar-refractivity contribution < 1.29 is 9.47 Å². The van der Waals surface area contributed by atoms with Crippen LogP contribution in [-0.4, -0.2) is 33.1 Å². The second kappa shape index (κ2) is 7.81. The molecule has 0 aliphatic carbocycles. The van der Waals surface area contributed by atoms with Gasteiger partial charge < -0.3 is 19.4 Å². The zero-order valence-electron chi connectivity index (χ0n) is 18.6. The molecule has 6 heteroatoms. The molecule has 6 rings (SSSR count). The molecule has 0 atom stereocenters. The number of rotatable bonds is 6. The lowest BCUT2D eigenvalue weighted by atomic mass is 10.1. The van der Waals surface area contributed by atoms with E-state index < -0.39 is 0 Å². The number of ether oxygens (including phenoxy) is 2. The van der Waals surface area contributed by atoms with Gasteiger partial charge in [-0.3, -0.25) is 9.97 Å². The van der Waals surface area contributed by atoms with E-state index in [1.807, 2.05) is 50.5 Å². The molecule has 0 spiro atoms. The second-order valence-electron chi connectivity index (χ2n) is 8.35. The molecule has 4 heterocycles. The maximum Gasteiger partial charge on any atom is 0.121 e. The van der Waals surface area contributed by atoms with E-state index in [0.717, 1.165) is 51.4 Å². The van der Waals surface area contributed by atoms with E-state index in [9.17, 15) is 0 Å². The molecule has 2 N–H and O–H groups in total. The molecular formula is C27H24N4O2. The highest BCUT2D eigenvalue weighted by Crippen LogP contribution is 2.30. The van der Waals surface area contributed by atoms with E-state index >= 15 is 0 Å². The van der Waals surface area contributed by atoms with Crippen LogP contribution in [0.3, 0.4) is 0 Å². The average molecular weight is 437 g/mol. The van der Waals surface area contributed by atoms with Crippen molar-refractivity contribution in [3.05, 3.63) is 72.3 Å². The summed E-state index contributed by atoms with van der Waals surface area (Å²) >= 11 is 0. The number of nitrogens with one attached hydrogen (secondary N) is 2. The van der Waals surface area contributed by atoms with E-state index in [-0.39, 0.29) is 0 Å². The number of H-pyrrole nitrogens is 2. The average Bonchev–Trinajstić information content (AvgIpc) is 3.38. The lowest BCUT2D eigenvalue weighted by molar-refractivity contribution is 0.248. The molecule has 0 fully saturated rings. The number of aryl methyl sites for hydroxylation is 2. The summed E-state index contributed by atoms with van der Waals surface area (Å²) in [6.45, 7) is 5.21. The third-order valence-corrected chi connectivity index (χ3v) is 6.19. The minimum absolute atomic E-state index is 0.589. The van der Waals surface area contributed by atoms with Crippen LogP contribution in [0.25, 0.3) is 43.6 Å². The summed E-state index contributed by atoms with van der Waals surface area (Å²) in [6.07, 6.45) is 4.49. The van der Waals surface area contributed by atoms with Crippen LogP contribution in [-0.2, 0) is 0 Å². The highest BCUT2D eigenvalue weighted by molar-refractivity contribution is 6.08. The molecule has 6 aromatic rings. The summed E-state index contributed by atoms with van der Waals surface area (Å²) in [5.41, 5.74) is 6.29. The summed E-state index contributed by atoms with van der Waals surface area (Å²) in [5, 5.41) is 4.75. The first-order chi connectivity index (χ1) is 16.2. The largest absolute Gasteiger partial charge is 0.493 e. The van der Waals surface area contributed by atoms with Crippen LogP contribution in [0, 0.1) is 13.8 Å². The number of aromatic nitrogens is 4. The Morgan fingerprint density at radius 2 is 1.12 bits per heavy atom. The summed E-state index contributed by atoms with van der Waals surface area (Å²) in [7, 11) is 0. The first kappa shape index (κ1) is 19.6. The highest BCUT2D eigenvalue weighted by atomic mass is 16.5. The molecule has 0 saturated heterocycles. The Labute approximate surface area is 190 Å². The standard InChI is InChI=1S/C27H24N4O2/c1-16-26-22(8-10-28-16)20-6-4-18(14-24(20)30-26)32-12-3-13-33-19-5-7-21-23-9-11-29-17(2)27(23)31-25(21)15-19/h4-11,14-15,30-31H,3,12-13H2,1-2H3. The van der Waals surface area contributed by atoms with Crippen LogP contribution in [0.5, 0.6) is 11.5 Å². The lowest BCUT2D eigenvalue weighted by Crippen LogP contribution is -2.04. The van der Waals surface area contributed by atoms with Crippen molar-refractivity contribution >= 4 is 43.6 Å². The molecular weight excluding hydrogens is 412 g/mol. The van der Waals surface area contributed by atoms with E-state index in [1.165, 1.54) is 21.5 Å². The monoisotopic (exact) mass is 436 g/mol. The van der Waals surface area contributed by atoms with Crippen LogP contribution in [0.2, 0.25) is 0 Å². The number of benzene rings is 2. The van der Waals surface area contributed by atoms with Crippen LogP contribution >= 0.6 is 0 Å². The first-order valence-electron chi connectivity index (χ1n) is 11.2. The van der Waals surface area contributed by atoms with Crippen molar-refractivity contribution in [1.29, 1.82) is 0 Å². The Balaban J connectivity index is 1.09. The number of nitrogens with zero attached hydrogens (tertiary/aromatic N) is 2. The molecule has 6 nitrogen and oxygen atoms in total. The van der Waals surface area contributed by atoms with Gasteiger partial charge in [0.2, 0.25) is 0 Å². The minimum Gasteiger partial charge on any atom is -0.493 e. The Hall–Kier alpha value is -4.06. The van der Waals surface area contributed by atoms with Crippen molar-refractivity contribution in [2.24, 2.45) is 0 Å². The number of pyridine rings is 2. The molecule has 0 aliphatic rings. The van der Waals surface area contributed by atoms with Crippen molar-refractivity contribution in [2.45, 2.75) is 20.3 Å². The van der Waals surface area contributed by atoms with Gasteiger partial charge >= 0.3 is 0 Å². The molecule has 0 aliphatic heterocycles. The molecule has 0 bridgehead atoms. The normalized spacial score (nSPS) is 11.7. The molecule has 2 aromatic carbocycles. The fraction of sp³-hybridized carbons (Fsp3) is 0.185. The summed E-state index contributed by atoms with van der Waals surface area (Å²) in [5.74, 6) is 1.70. The van der Waals surface area contributed by atoms with Gasteiger partial charge in [-0.25, -0.2) is 0 Å². The Morgan fingerprint density at radius 1 is 0.636 bits per heavy atom. The quantitative estimate of drug-likeness (QED) is 0.304. The van der Waals surface area contributed by atoms with Gasteiger partial charge in [0, 0.05) is 52.5 Å². The zero-order valence-corrected chi connectivity index (χ0v) is 18.6. The Morgan fingerprint density at radius 3 is 1.61 bits per heavy atom. The Kier molecular flexibility index (Phi) is 4.64. The maximum atomic E-state index is 5.97. The van der Waals surface area contributed by atoms with Crippen molar-refractivity contribution in [2.75, 3.05) is 13.2 Å². The third-order valence-electron chi connectivity index (χ3n) is 6.19. The molecule has 0 saturated carbocycles. The second-order valence-corrected chi connectivity index (χ2v) is 8.35. The summed E-state index contributed by atoms with van der Waals surface area (Å²) < 4.78 is 11.9. The fourth-order valence-corrected chi connectivity index (χ4v) is 4.51. The molecule has 4 aromatic heterocycles. The zero-order chi connectivity index (χ0) is 22.4. The summed E-state index contributed by atoms with van der Waals surface area (Å²) in [6, 6.07) is 16.4.